The predicted molar refractivity (Wildman–Crippen MR) is 125 cm³/mol. The van der Waals surface area contributed by atoms with Gasteiger partial charge in [0.15, 0.2) is 0 Å². The molecule has 166 valence electrons. The number of aromatic amines is 1. The number of aromatic nitrogens is 4. The fraction of sp³-hybridized carbons (Fsp3) is 0.273. The zero-order chi connectivity index (χ0) is 22.5. The smallest absolute Gasteiger partial charge is 0.330 e. The highest BCUT2D eigenvalue weighted by Gasteiger charge is 2.22. The van der Waals surface area contributed by atoms with Crippen molar-refractivity contribution >= 4 is 22.8 Å². The molecule has 0 bridgehead atoms. The number of anilines is 2. The molecule has 10 heteroatoms. The summed E-state index contributed by atoms with van der Waals surface area (Å²) in [6, 6.07) is 13.5. The van der Waals surface area contributed by atoms with Gasteiger partial charge in [0.2, 0.25) is 11.7 Å². The molecule has 4 aromatic rings. The lowest BCUT2D eigenvalue weighted by atomic mass is 10.2. The highest BCUT2D eigenvalue weighted by atomic mass is 32.1. The Labute approximate surface area is 188 Å². The molecule has 0 spiro atoms. The van der Waals surface area contributed by atoms with Crippen LogP contribution in [0.1, 0.15) is 31.2 Å². The first kappa shape index (κ1) is 21.6. The fourth-order valence-corrected chi connectivity index (χ4v) is 4.08. The third-order valence-corrected chi connectivity index (χ3v) is 5.88. The van der Waals surface area contributed by atoms with E-state index in [2.05, 4.69) is 15.1 Å². The lowest BCUT2D eigenvalue weighted by Gasteiger charge is -2.25. The molecule has 0 fully saturated rings. The topological polar surface area (TPSA) is 123 Å². The summed E-state index contributed by atoms with van der Waals surface area (Å²) in [6.45, 7) is 2.98. The van der Waals surface area contributed by atoms with Crippen molar-refractivity contribution in [3.05, 3.63) is 80.1 Å². The largest absolute Gasteiger partial charge is 0.383 e. The van der Waals surface area contributed by atoms with Crippen LogP contribution >= 0.6 is 11.3 Å². The lowest BCUT2D eigenvalue weighted by molar-refractivity contribution is 0.376. The standard InChI is InChI=1S/C22H24N6O3S/c1-2-3-11-28-19(23)18(21(29)25-22(28)30)27(13-15-8-5-4-6-9-15)14-17-24-20(26-31-17)16-10-7-12-32-16/h4-10,12H,2-3,11,13-14,23H2,1H3,(H,25,29,30). The van der Waals surface area contributed by atoms with Crippen LogP contribution in [-0.4, -0.2) is 19.7 Å². The van der Waals surface area contributed by atoms with Crippen LogP contribution in [0.25, 0.3) is 10.7 Å². The molecule has 32 heavy (non-hydrogen) atoms. The van der Waals surface area contributed by atoms with Gasteiger partial charge < -0.3 is 15.2 Å². The molecule has 1 aromatic carbocycles. The first-order valence-electron chi connectivity index (χ1n) is 10.3. The number of unbranched alkanes of at least 4 members (excludes halogenated alkanes) is 1. The zero-order valence-corrected chi connectivity index (χ0v) is 18.5. The van der Waals surface area contributed by atoms with Gasteiger partial charge in [-0.3, -0.25) is 14.3 Å². The van der Waals surface area contributed by atoms with Gasteiger partial charge in [-0.05, 0) is 23.4 Å². The quantitative estimate of drug-likeness (QED) is 0.400. The van der Waals surface area contributed by atoms with E-state index in [1.54, 1.807) is 4.90 Å². The number of benzene rings is 1. The van der Waals surface area contributed by atoms with Crippen molar-refractivity contribution in [2.75, 3.05) is 10.6 Å². The zero-order valence-electron chi connectivity index (χ0n) is 17.7. The number of H-pyrrole nitrogens is 1. The maximum absolute atomic E-state index is 12.8. The maximum Gasteiger partial charge on any atom is 0.330 e. The molecule has 0 aliphatic heterocycles. The molecular formula is C22H24N6O3S. The molecule has 4 rings (SSSR count). The minimum atomic E-state index is -0.547. The van der Waals surface area contributed by atoms with E-state index >= 15 is 0 Å². The maximum atomic E-state index is 12.8. The number of nitrogen functional groups attached to an aromatic ring is 1. The van der Waals surface area contributed by atoms with Gasteiger partial charge in [0, 0.05) is 13.1 Å². The van der Waals surface area contributed by atoms with Gasteiger partial charge in [-0.15, -0.1) is 11.3 Å². The van der Waals surface area contributed by atoms with E-state index in [0.717, 1.165) is 23.3 Å². The average molecular weight is 453 g/mol. The van der Waals surface area contributed by atoms with Crippen molar-refractivity contribution in [1.82, 2.24) is 19.7 Å². The summed E-state index contributed by atoms with van der Waals surface area (Å²) >= 11 is 1.51. The second kappa shape index (κ2) is 9.65. The number of rotatable bonds is 9. The van der Waals surface area contributed by atoms with Crippen molar-refractivity contribution in [1.29, 1.82) is 0 Å². The Morgan fingerprint density at radius 2 is 1.97 bits per heavy atom. The van der Waals surface area contributed by atoms with Crippen molar-refractivity contribution in [3.8, 4) is 10.7 Å². The summed E-state index contributed by atoms with van der Waals surface area (Å²) < 4.78 is 6.86. The Hall–Kier alpha value is -3.66. The van der Waals surface area contributed by atoms with Crippen LogP contribution in [0.4, 0.5) is 11.5 Å². The predicted octanol–water partition coefficient (Wildman–Crippen LogP) is 3.24. The van der Waals surface area contributed by atoms with Crippen molar-refractivity contribution in [2.24, 2.45) is 0 Å². The van der Waals surface area contributed by atoms with E-state index in [-0.39, 0.29) is 18.1 Å². The number of nitrogens with one attached hydrogen (secondary N) is 1. The first-order chi connectivity index (χ1) is 15.6. The lowest BCUT2D eigenvalue weighted by Crippen LogP contribution is -2.38. The minimum Gasteiger partial charge on any atom is -0.383 e. The summed E-state index contributed by atoms with van der Waals surface area (Å²) in [6.07, 6.45) is 1.66. The second-order valence-corrected chi connectivity index (χ2v) is 8.28. The Morgan fingerprint density at radius 3 is 2.69 bits per heavy atom. The van der Waals surface area contributed by atoms with Gasteiger partial charge in [0.25, 0.3) is 5.56 Å². The molecule has 0 saturated carbocycles. The van der Waals surface area contributed by atoms with Gasteiger partial charge in [-0.2, -0.15) is 4.98 Å². The summed E-state index contributed by atoms with van der Waals surface area (Å²) in [5.41, 5.74) is 6.47. The molecule has 0 aliphatic carbocycles. The van der Waals surface area contributed by atoms with Crippen molar-refractivity contribution < 1.29 is 4.52 Å². The number of thiophene rings is 1. The van der Waals surface area contributed by atoms with E-state index in [0.29, 0.717) is 24.8 Å². The fourth-order valence-electron chi connectivity index (χ4n) is 3.43. The molecule has 0 saturated heterocycles. The molecule has 0 radical (unpaired) electrons. The molecule has 0 unspecified atom stereocenters. The Morgan fingerprint density at radius 1 is 1.16 bits per heavy atom. The highest BCUT2D eigenvalue weighted by Crippen LogP contribution is 2.24. The van der Waals surface area contributed by atoms with Crippen LogP contribution < -0.4 is 21.9 Å². The van der Waals surface area contributed by atoms with Crippen LogP contribution in [0, 0.1) is 0 Å². The van der Waals surface area contributed by atoms with Crippen LogP contribution in [0.3, 0.4) is 0 Å². The summed E-state index contributed by atoms with van der Waals surface area (Å²) in [7, 11) is 0. The summed E-state index contributed by atoms with van der Waals surface area (Å²) in [4.78, 5) is 34.7. The highest BCUT2D eigenvalue weighted by molar-refractivity contribution is 7.13. The molecule has 9 nitrogen and oxygen atoms in total. The van der Waals surface area contributed by atoms with E-state index in [1.165, 1.54) is 15.9 Å². The van der Waals surface area contributed by atoms with Gasteiger partial charge in [0.1, 0.15) is 11.5 Å². The molecular weight excluding hydrogens is 428 g/mol. The third-order valence-electron chi connectivity index (χ3n) is 5.02. The molecule has 0 amide bonds. The van der Waals surface area contributed by atoms with E-state index in [1.807, 2.05) is 54.8 Å². The van der Waals surface area contributed by atoms with E-state index in [4.69, 9.17) is 10.3 Å². The van der Waals surface area contributed by atoms with Gasteiger partial charge in [-0.1, -0.05) is 54.9 Å². The van der Waals surface area contributed by atoms with Gasteiger partial charge in [0.05, 0.1) is 11.4 Å². The average Bonchev–Trinajstić information content (AvgIpc) is 3.46. The van der Waals surface area contributed by atoms with Gasteiger partial charge in [-0.25, -0.2) is 4.79 Å². The van der Waals surface area contributed by atoms with E-state index in [9.17, 15) is 9.59 Å². The number of hydrogen-bond acceptors (Lipinski definition) is 8. The van der Waals surface area contributed by atoms with Crippen LogP contribution in [0.5, 0.6) is 0 Å². The van der Waals surface area contributed by atoms with Crippen LogP contribution in [0.15, 0.2) is 62.0 Å². The number of nitrogens with zero attached hydrogens (tertiary/aromatic N) is 4. The van der Waals surface area contributed by atoms with Crippen molar-refractivity contribution in [2.45, 2.75) is 39.4 Å². The first-order valence-corrected chi connectivity index (χ1v) is 11.2. The van der Waals surface area contributed by atoms with E-state index < -0.39 is 11.2 Å². The number of nitrogens with two attached hydrogens (primary N) is 1. The van der Waals surface area contributed by atoms with Crippen LogP contribution in [0.2, 0.25) is 0 Å². The van der Waals surface area contributed by atoms with Gasteiger partial charge >= 0.3 is 5.69 Å². The Kier molecular flexibility index (Phi) is 6.50. The molecule has 0 atom stereocenters. The van der Waals surface area contributed by atoms with Crippen molar-refractivity contribution in [3.63, 3.8) is 0 Å². The minimum absolute atomic E-state index is 0.126. The second-order valence-electron chi connectivity index (χ2n) is 7.33. The molecule has 3 aromatic heterocycles. The Balaban J connectivity index is 1.73. The van der Waals surface area contributed by atoms with Crippen LogP contribution in [-0.2, 0) is 19.6 Å². The summed E-state index contributed by atoms with van der Waals surface area (Å²) in [5.74, 6) is 0.958. The Bertz CT molecular complexity index is 1280. The SMILES string of the molecule is CCCCn1c(N)c(N(Cc2ccccc2)Cc2nc(-c3cccs3)no2)c(=O)[nH]c1=O. The molecule has 0 aliphatic rings. The number of hydrogen-bond donors (Lipinski definition) is 2. The summed E-state index contributed by atoms with van der Waals surface area (Å²) in [5, 5.41) is 5.99. The normalized spacial score (nSPS) is 11.0. The molecule has 3 N–H and O–H groups in total. The molecule has 3 heterocycles. The monoisotopic (exact) mass is 452 g/mol. The third kappa shape index (κ3) is 4.65.